The molecule has 3 fully saturated rings. The maximum Gasteiger partial charge on any atom is 0.0585 e. The van der Waals surface area contributed by atoms with Crippen molar-refractivity contribution in [2.24, 2.45) is 0 Å². The van der Waals surface area contributed by atoms with Gasteiger partial charge in [-0.25, -0.2) is 0 Å². The van der Waals surface area contributed by atoms with Crippen molar-refractivity contribution in [2.75, 3.05) is 39.3 Å². The molecule has 2 unspecified atom stereocenters. The molecule has 20 heavy (non-hydrogen) atoms. The van der Waals surface area contributed by atoms with Gasteiger partial charge in [-0.3, -0.25) is 4.90 Å². The molecule has 3 rings (SSSR count). The molecule has 0 aromatic heterocycles. The van der Waals surface area contributed by atoms with Crippen LogP contribution in [0.2, 0.25) is 0 Å². The van der Waals surface area contributed by atoms with Crippen molar-refractivity contribution in [2.45, 2.75) is 63.1 Å². The number of aliphatic hydroxyl groups is 1. The minimum atomic E-state index is 0.292. The van der Waals surface area contributed by atoms with Crippen LogP contribution in [0.15, 0.2) is 0 Å². The maximum absolute atomic E-state index is 9.44. The number of nitrogens with zero attached hydrogens (tertiary/aromatic N) is 2. The molecule has 4 heteroatoms. The monoisotopic (exact) mass is 281 g/mol. The third kappa shape index (κ3) is 4.17. The lowest BCUT2D eigenvalue weighted by Gasteiger charge is -2.32. The highest BCUT2D eigenvalue weighted by atomic mass is 16.3. The third-order valence-electron chi connectivity index (χ3n) is 5.22. The Labute approximate surface area is 123 Å². The first-order valence-corrected chi connectivity index (χ1v) is 8.68. The fourth-order valence-corrected chi connectivity index (χ4v) is 3.75. The molecule has 2 N–H and O–H groups in total. The lowest BCUT2D eigenvalue weighted by atomic mass is 10.1. The van der Waals surface area contributed by atoms with Gasteiger partial charge >= 0.3 is 0 Å². The zero-order valence-electron chi connectivity index (χ0n) is 12.8. The first-order valence-electron chi connectivity index (χ1n) is 8.68. The summed E-state index contributed by atoms with van der Waals surface area (Å²) in [7, 11) is 0. The van der Waals surface area contributed by atoms with E-state index in [9.17, 15) is 5.11 Å². The first kappa shape index (κ1) is 14.8. The van der Waals surface area contributed by atoms with Crippen molar-refractivity contribution in [3.63, 3.8) is 0 Å². The Morgan fingerprint density at radius 3 is 2.55 bits per heavy atom. The van der Waals surface area contributed by atoms with E-state index in [4.69, 9.17) is 0 Å². The molecule has 2 saturated heterocycles. The van der Waals surface area contributed by atoms with Crippen molar-refractivity contribution < 1.29 is 5.11 Å². The molecule has 0 amide bonds. The molecule has 1 aliphatic carbocycles. The van der Waals surface area contributed by atoms with Crippen LogP contribution in [0, 0.1) is 0 Å². The Morgan fingerprint density at radius 2 is 1.85 bits per heavy atom. The van der Waals surface area contributed by atoms with Crippen LogP contribution >= 0.6 is 0 Å². The lowest BCUT2D eigenvalue weighted by molar-refractivity contribution is 0.159. The van der Waals surface area contributed by atoms with Gasteiger partial charge in [0.25, 0.3) is 0 Å². The fraction of sp³-hybridized carbons (Fsp3) is 1.00. The second-order valence-electron chi connectivity index (χ2n) is 6.95. The summed E-state index contributed by atoms with van der Waals surface area (Å²) < 4.78 is 0. The second-order valence-corrected chi connectivity index (χ2v) is 6.95. The molecule has 0 bridgehead atoms. The molecule has 0 aromatic rings. The summed E-state index contributed by atoms with van der Waals surface area (Å²) in [6.45, 7) is 6.58. The fourth-order valence-electron chi connectivity index (χ4n) is 3.75. The van der Waals surface area contributed by atoms with Gasteiger partial charge in [-0.15, -0.1) is 0 Å². The van der Waals surface area contributed by atoms with E-state index in [2.05, 4.69) is 15.1 Å². The Kier molecular flexibility index (Phi) is 5.32. The Balaban J connectivity index is 1.36. The molecule has 116 valence electrons. The number of hydrogen-bond acceptors (Lipinski definition) is 4. The van der Waals surface area contributed by atoms with Crippen LogP contribution in [0.3, 0.4) is 0 Å². The van der Waals surface area contributed by atoms with Crippen LogP contribution in [0.5, 0.6) is 0 Å². The van der Waals surface area contributed by atoms with Crippen LogP contribution in [-0.2, 0) is 0 Å². The van der Waals surface area contributed by atoms with Gasteiger partial charge in [0.15, 0.2) is 0 Å². The number of nitrogens with one attached hydrogen (secondary N) is 1. The van der Waals surface area contributed by atoms with Crippen LogP contribution in [0.4, 0.5) is 0 Å². The number of piperidine rings is 1. The van der Waals surface area contributed by atoms with Gasteiger partial charge < -0.3 is 15.3 Å². The van der Waals surface area contributed by atoms with Gasteiger partial charge in [-0.2, -0.15) is 0 Å². The minimum absolute atomic E-state index is 0.292. The predicted molar refractivity (Wildman–Crippen MR) is 81.9 cm³/mol. The number of rotatable bonds is 7. The molecule has 3 aliphatic rings. The van der Waals surface area contributed by atoms with Crippen molar-refractivity contribution in [1.29, 1.82) is 0 Å². The lowest BCUT2D eigenvalue weighted by Crippen LogP contribution is -2.41. The van der Waals surface area contributed by atoms with E-state index in [0.29, 0.717) is 18.7 Å². The van der Waals surface area contributed by atoms with E-state index in [1.165, 1.54) is 64.7 Å². The van der Waals surface area contributed by atoms with Gasteiger partial charge in [0.05, 0.1) is 6.61 Å². The largest absolute Gasteiger partial charge is 0.395 e. The molecule has 0 spiro atoms. The summed E-state index contributed by atoms with van der Waals surface area (Å²) in [5, 5.41) is 13.0. The number of hydrogen-bond donors (Lipinski definition) is 2. The van der Waals surface area contributed by atoms with E-state index >= 15 is 0 Å². The molecule has 2 heterocycles. The van der Waals surface area contributed by atoms with Crippen LogP contribution in [0.25, 0.3) is 0 Å². The maximum atomic E-state index is 9.44. The summed E-state index contributed by atoms with van der Waals surface area (Å²) in [5.41, 5.74) is 0. The SMILES string of the molecule is OCC(CCN1CCC(N2CCCCC2)C1)NC1CC1. The van der Waals surface area contributed by atoms with Gasteiger partial charge in [-0.1, -0.05) is 6.42 Å². The topological polar surface area (TPSA) is 38.7 Å². The van der Waals surface area contributed by atoms with E-state index in [0.717, 1.165) is 19.0 Å². The van der Waals surface area contributed by atoms with Gasteiger partial charge in [-0.05, 0) is 64.7 Å². The average molecular weight is 281 g/mol. The van der Waals surface area contributed by atoms with Crippen molar-refractivity contribution >= 4 is 0 Å². The van der Waals surface area contributed by atoms with Crippen LogP contribution in [0.1, 0.15) is 44.9 Å². The van der Waals surface area contributed by atoms with E-state index in [-0.39, 0.29) is 0 Å². The summed E-state index contributed by atoms with van der Waals surface area (Å²) in [5.74, 6) is 0. The molecule has 0 radical (unpaired) electrons. The first-order chi connectivity index (χ1) is 9.85. The molecular weight excluding hydrogens is 250 g/mol. The van der Waals surface area contributed by atoms with Crippen LogP contribution < -0.4 is 5.32 Å². The molecule has 1 saturated carbocycles. The average Bonchev–Trinajstić information content (AvgIpc) is 3.19. The highest BCUT2D eigenvalue weighted by Crippen LogP contribution is 2.22. The van der Waals surface area contributed by atoms with E-state index in [1.54, 1.807) is 0 Å². The normalized spacial score (nSPS) is 30.8. The number of likely N-dealkylation sites (tertiary alicyclic amines) is 2. The highest BCUT2D eigenvalue weighted by molar-refractivity contribution is 4.87. The Morgan fingerprint density at radius 1 is 1.05 bits per heavy atom. The summed E-state index contributed by atoms with van der Waals surface area (Å²) in [6, 6.07) is 1.82. The number of aliphatic hydroxyl groups excluding tert-OH is 1. The van der Waals surface area contributed by atoms with Gasteiger partial charge in [0, 0.05) is 24.7 Å². The van der Waals surface area contributed by atoms with Crippen molar-refractivity contribution in [3.05, 3.63) is 0 Å². The van der Waals surface area contributed by atoms with Crippen molar-refractivity contribution in [1.82, 2.24) is 15.1 Å². The minimum Gasteiger partial charge on any atom is -0.395 e. The molecule has 2 aliphatic heterocycles. The van der Waals surface area contributed by atoms with E-state index < -0.39 is 0 Å². The van der Waals surface area contributed by atoms with Crippen LogP contribution in [-0.4, -0.2) is 72.4 Å². The van der Waals surface area contributed by atoms with E-state index in [1.807, 2.05) is 0 Å². The molecule has 0 aromatic carbocycles. The molecule has 4 nitrogen and oxygen atoms in total. The zero-order chi connectivity index (χ0) is 13.8. The van der Waals surface area contributed by atoms with Gasteiger partial charge in [0.1, 0.15) is 0 Å². The zero-order valence-corrected chi connectivity index (χ0v) is 12.8. The Hall–Kier alpha value is -0.160. The summed E-state index contributed by atoms with van der Waals surface area (Å²) in [6.07, 6.45) is 9.27. The quantitative estimate of drug-likeness (QED) is 0.732. The molecule has 2 atom stereocenters. The van der Waals surface area contributed by atoms with Crippen molar-refractivity contribution in [3.8, 4) is 0 Å². The highest BCUT2D eigenvalue weighted by Gasteiger charge is 2.29. The summed E-state index contributed by atoms with van der Waals surface area (Å²) >= 11 is 0. The Bertz CT molecular complexity index is 289. The third-order valence-corrected chi connectivity index (χ3v) is 5.22. The predicted octanol–water partition coefficient (Wildman–Crippen LogP) is 1.05. The standard InChI is InChI=1S/C16H31N3O/c20-13-15(17-14-4-5-14)6-10-18-11-7-16(12-18)19-8-2-1-3-9-19/h14-17,20H,1-13H2. The summed E-state index contributed by atoms with van der Waals surface area (Å²) in [4.78, 5) is 5.33. The molecular formula is C16H31N3O. The van der Waals surface area contributed by atoms with Gasteiger partial charge in [0.2, 0.25) is 0 Å². The second kappa shape index (κ2) is 7.21. The smallest absolute Gasteiger partial charge is 0.0585 e.